The van der Waals surface area contributed by atoms with Crippen molar-refractivity contribution in [1.82, 2.24) is 0 Å². The first kappa shape index (κ1) is 22.8. The summed E-state index contributed by atoms with van der Waals surface area (Å²) in [6, 6.07) is 12.3. The van der Waals surface area contributed by atoms with Gasteiger partial charge in [0.15, 0.2) is 0 Å². The van der Waals surface area contributed by atoms with E-state index in [4.69, 9.17) is 28.0 Å². The number of benzene rings is 2. The van der Waals surface area contributed by atoms with Crippen LogP contribution in [0.1, 0.15) is 56.0 Å². The molecule has 0 heterocycles. The van der Waals surface area contributed by atoms with Gasteiger partial charge in [-0.2, -0.15) is 0 Å². The molecule has 2 bridgehead atoms. The van der Waals surface area contributed by atoms with Crippen molar-refractivity contribution in [2.75, 3.05) is 5.32 Å². The second-order valence-electron chi connectivity index (χ2n) is 9.58. The van der Waals surface area contributed by atoms with Gasteiger partial charge in [-0.3, -0.25) is 4.79 Å². The molecule has 2 aliphatic carbocycles. The second kappa shape index (κ2) is 7.89. The lowest BCUT2D eigenvalue weighted by Crippen LogP contribution is -2.43. The van der Waals surface area contributed by atoms with Crippen molar-refractivity contribution in [2.24, 2.45) is 21.4 Å². The Balaban J connectivity index is 1.59. The number of nitrogens with zero attached hydrogens (tertiary/aromatic N) is 1. The van der Waals surface area contributed by atoms with E-state index in [2.05, 4.69) is 31.2 Å². The molecule has 1 amide bonds. The first-order valence-corrected chi connectivity index (χ1v) is 11.4. The highest BCUT2D eigenvalue weighted by Gasteiger charge is 2.71. The van der Waals surface area contributed by atoms with E-state index in [0.717, 1.165) is 29.8 Å². The molecule has 5 nitrogen and oxygen atoms in total. The SMILES string of the molecule is Cc1cccc(NC(=O)C23CCC(C)(/C(=N/OC(=O)c4ccc(Cl)cc4Cl)C2)C3(C)C)c1. The minimum absolute atomic E-state index is 0.0194. The molecule has 7 heteroatoms. The van der Waals surface area contributed by atoms with Crippen molar-refractivity contribution >= 4 is 46.5 Å². The van der Waals surface area contributed by atoms with E-state index in [1.807, 2.05) is 31.2 Å². The van der Waals surface area contributed by atoms with Gasteiger partial charge in [0.1, 0.15) is 0 Å². The highest BCUT2D eigenvalue weighted by molar-refractivity contribution is 6.36. The number of nitrogens with one attached hydrogen (secondary N) is 1. The van der Waals surface area contributed by atoms with Crippen LogP contribution in [0.3, 0.4) is 0 Å². The maximum absolute atomic E-state index is 13.5. The van der Waals surface area contributed by atoms with Crippen LogP contribution in [0.5, 0.6) is 0 Å². The molecule has 0 aliphatic heterocycles. The van der Waals surface area contributed by atoms with Crippen molar-refractivity contribution in [1.29, 1.82) is 0 Å². The Morgan fingerprint density at radius 2 is 1.81 bits per heavy atom. The molecular formula is C25H26Cl2N2O3. The fourth-order valence-electron chi connectivity index (χ4n) is 5.30. The van der Waals surface area contributed by atoms with E-state index in [9.17, 15) is 9.59 Å². The number of anilines is 1. The highest BCUT2D eigenvalue weighted by atomic mass is 35.5. The van der Waals surface area contributed by atoms with Gasteiger partial charge in [0.25, 0.3) is 0 Å². The Morgan fingerprint density at radius 3 is 2.50 bits per heavy atom. The number of halogens is 2. The molecule has 2 aromatic rings. The van der Waals surface area contributed by atoms with Crippen LogP contribution in [-0.4, -0.2) is 17.6 Å². The molecule has 2 saturated carbocycles. The Labute approximate surface area is 198 Å². The normalized spacial score (nSPS) is 26.9. The number of hydrogen-bond donors (Lipinski definition) is 1. The van der Waals surface area contributed by atoms with Crippen molar-refractivity contribution in [2.45, 2.75) is 47.0 Å². The number of rotatable bonds is 4. The van der Waals surface area contributed by atoms with Gasteiger partial charge >= 0.3 is 5.97 Å². The molecule has 2 fully saturated rings. The molecule has 2 atom stereocenters. The first-order valence-electron chi connectivity index (χ1n) is 10.6. The van der Waals surface area contributed by atoms with Crippen LogP contribution in [0.2, 0.25) is 10.0 Å². The van der Waals surface area contributed by atoms with E-state index in [0.29, 0.717) is 11.4 Å². The zero-order chi connectivity index (χ0) is 23.3. The van der Waals surface area contributed by atoms with Gasteiger partial charge < -0.3 is 10.2 Å². The molecule has 168 valence electrons. The number of carbonyl (C=O) groups is 2. The molecule has 1 N–H and O–H groups in total. The Hall–Kier alpha value is -2.37. The summed E-state index contributed by atoms with van der Waals surface area (Å²) in [6.45, 7) is 8.31. The second-order valence-corrected chi connectivity index (χ2v) is 10.4. The molecular weight excluding hydrogens is 447 g/mol. The maximum atomic E-state index is 13.5. The number of fused-ring (bicyclic) bond motifs is 2. The summed E-state index contributed by atoms with van der Waals surface area (Å²) >= 11 is 12.0. The van der Waals surface area contributed by atoms with Crippen LogP contribution in [0.25, 0.3) is 0 Å². The van der Waals surface area contributed by atoms with Crippen LogP contribution in [0.15, 0.2) is 47.6 Å². The summed E-state index contributed by atoms with van der Waals surface area (Å²) in [6.07, 6.45) is 1.99. The van der Waals surface area contributed by atoms with E-state index >= 15 is 0 Å². The summed E-state index contributed by atoms with van der Waals surface area (Å²) in [5.41, 5.74) is 1.43. The fraction of sp³-hybridized carbons (Fsp3) is 0.400. The molecule has 0 saturated heterocycles. The minimum atomic E-state index is -0.651. The molecule has 0 spiro atoms. The Morgan fingerprint density at radius 1 is 1.06 bits per heavy atom. The van der Waals surface area contributed by atoms with Crippen LogP contribution < -0.4 is 5.32 Å². The Bertz CT molecular complexity index is 1140. The molecule has 4 rings (SSSR count). The third-order valence-corrected chi connectivity index (χ3v) is 8.38. The highest BCUT2D eigenvalue weighted by Crippen LogP contribution is 2.71. The van der Waals surface area contributed by atoms with Crippen molar-refractivity contribution in [3.8, 4) is 0 Å². The molecule has 0 radical (unpaired) electrons. The van der Waals surface area contributed by atoms with Gasteiger partial charge in [0.2, 0.25) is 5.91 Å². The Kier molecular flexibility index (Phi) is 5.62. The topological polar surface area (TPSA) is 67.8 Å². The van der Waals surface area contributed by atoms with Crippen molar-refractivity contribution < 1.29 is 14.4 Å². The van der Waals surface area contributed by atoms with Crippen LogP contribution in [0, 0.1) is 23.2 Å². The molecule has 2 aromatic carbocycles. The average Bonchev–Trinajstić information content (AvgIpc) is 3.02. The summed E-state index contributed by atoms with van der Waals surface area (Å²) in [5.74, 6) is -0.671. The molecule has 2 aliphatic rings. The summed E-state index contributed by atoms with van der Waals surface area (Å²) in [5, 5.41) is 8.00. The predicted octanol–water partition coefficient (Wildman–Crippen LogP) is 6.67. The van der Waals surface area contributed by atoms with Crippen LogP contribution in [-0.2, 0) is 9.63 Å². The van der Waals surface area contributed by atoms with Gasteiger partial charge in [-0.05, 0) is 61.1 Å². The molecule has 0 aromatic heterocycles. The van der Waals surface area contributed by atoms with Crippen molar-refractivity contribution in [3.63, 3.8) is 0 Å². The smallest absolute Gasteiger partial charge is 0.326 e. The van der Waals surface area contributed by atoms with Crippen LogP contribution >= 0.6 is 23.2 Å². The van der Waals surface area contributed by atoms with Gasteiger partial charge in [-0.15, -0.1) is 0 Å². The van der Waals surface area contributed by atoms with Gasteiger partial charge in [0.05, 0.1) is 21.7 Å². The average molecular weight is 473 g/mol. The summed E-state index contributed by atoms with van der Waals surface area (Å²) < 4.78 is 0. The van der Waals surface area contributed by atoms with Gasteiger partial charge in [0, 0.05) is 22.5 Å². The standard InChI is InChI=1S/C25H26Cl2N2O3/c1-15-6-5-7-17(12-15)28-22(31)25-11-10-24(4,23(25,2)3)20(14-25)29-32-21(30)18-9-8-16(26)13-19(18)27/h5-9,12-13H,10-11,14H2,1-4H3,(H,28,31)/b29-20+. The zero-order valence-electron chi connectivity index (χ0n) is 18.6. The molecule has 32 heavy (non-hydrogen) atoms. The van der Waals surface area contributed by atoms with Gasteiger partial charge in [-0.1, -0.05) is 61.3 Å². The lowest BCUT2D eigenvalue weighted by atomic mass is 9.64. The number of amides is 1. The van der Waals surface area contributed by atoms with Crippen LogP contribution in [0.4, 0.5) is 5.69 Å². The summed E-state index contributed by atoms with van der Waals surface area (Å²) in [4.78, 5) is 31.4. The van der Waals surface area contributed by atoms with E-state index in [1.54, 1.807) is 6.07 Å². The quantitative estimate of drug-likeness (QED) is 0.398. The lowest BCUT2D eigenvalue weighted by molar-refractivity contribution is -0.130. The third-order valence-electron chi connectivity index (χ3n) is 7.83. The number of oxime groups is 1. The minimum Gasteiger partial charge on any atom is -0.326 e. The monoisotopic (exact) mass is 472 g/mol. The van der Waals surface area contributed by atoms with Crippen molar-refractivity contribution in [3.05, 3.63) is 63.6 Å². The van der Waals surface area contributed by atoms with Gasteiger partial charge in [-0.25, -0.2) is 4.79 Å². The predicted molar refractivity (Wildman–Crippen MR) is 127 cm³/mol. The zero-order valence-corrected chi connectivity index (χ0v) is 20.1. The fourth-order valence-corrected chi connectivity index (χ4v) is 5.78. The number of hydrogen-bond acceptors (Lipinski definition) is 4. The third kappa shape index (κ3) is 3.43. The largest absolute Gasteiger partial charge is 0.367 e. The maximum Gasteiger partial charge on any atom is 0.367 e. The molecule has 2 unspecified atom stereocenters. The lowest BCUT2D eigenvalue weighted by Gasteiger charge is -2.39. The van der Waals surface area contributed by atoms with E-state index in [-0.39, 0.29) is 27.3 Å². The summed E-state index contributed by atoms with van der Waals surface area (Å²) in [7, 11) is 0. The van der Waals surface area contributed by atoms with E-state index in [1.165, 1.54) is 12.1 Å². The van der Waals surface area contributed by atoms with E-state index < -0.39 is 11.4 Å². The first-order chi connectivity index (χ1) is 15.0. The number of carbonyl (C=O) groups excluding carboxylic acids is 2. The number of aryl methyl sites for hydroxylation is 1.